The molecule has 3 aromatic heterocycles. The highest BCUT2D eigenvalue weighted by molar-refractivity contribution is 7.20. The van der Waals surface area contributed by atoms with Crippen LogP contribution >= 0.6 is 11.3 Å². The molecule has 6 nitrogen and oxygen atoms in total. The predicted octanol–water partition coefficient (Wildman–Crippen LogP) is 5.36. The number of rotatable bonds is 4. The van der Waals surface area contributed by atoms with E-state index < -0.39 is 0 Å². The maximum atomic E-state index is 13.7. The normalized spacial score (nSPS) is 24.2. The Labute approximate surface area is 193 Å². The van der Waals surface area contributed by atoms with Crippen molar-refractivity contribution in [3.63, 3.8) is 0 Å². The molecule has 3 aromatic rings. The lowest BCUT2D eigenvalue weighted by atomic mass is 9.65. The van der Waals surface area contributed by atoms with Gasteiger partial charge >= 0.3 is 0 Å². The molecule has 4 heterocycles. The molecule has 1 saturated carbocycles. The Morgan fingerprint density at radius 2 is 2.03 bits per heavy atom. The number of pyridine rings is 1. The van der Waals surface area contributed by atoms with Crippen molar-refractivity contribution >= 4 is 33.3 Å². The van der Waals surface area contributed by atoms with Gasteiger partial charge in [0.05, 0.1) is 22.5 Å². The SMILES string of the molecule is Cc1cccc(CNc2ncnc3sc(C(=O)N4C[C@@]5(C)C[C@H]4CC(C)(C)C5)c(C)c23)n1. The first-order valence-corrected chi connectivity index (χ1v) is 12.2. The Hall–Kier alpha value is -2.54. The Balaban J connectivity index is 1.44. The van der Waals surface area contributed by atoms with Gasteiger partial charge in [-0.2, -0.15) is 0 Å². The number of amides is 1. The van der Waals surface area contributed by atoms with Crippen LogP contribution in [-0.4, -0.2) is 38.3 Å². The summed E-state index contributed by atoms with van der Waals surface area (Å²) in [6.07, 6.45) is 4.94. The average molecular weight is 450 g/mol. The van der Waals surface area contributed by atoms with Crippen LogP contribution in [0.3, 0.4) is 0 Å². The molecule has 7 heteroatoms. The van der Waals surface area contributed by atoms with Crippen LogP contribution in [0.2, 0.25) is 0 Å². The number of hydrogen-bond donors (Lipinski definition) is 1. The molecular weight excluding hydrogens is 418 g/mol. The maximum Gasteiger partial charge on any atom is 0.264 e. The standard InChI is InChI=1S/C25H31N5OS/c1-15-7-6-8-17(29-15)11-26-21-19-16(2)20(32-22(19)28-14-27-21)23(31)30-13-25(5)10-18(30)9-24(3,4)12-25/h6-8,14,18H,9-13H2,1-5H3,(H,26,27,28)/t18-,25+/m1/s1. The van der Waals surface area contributed by atoms with E-state index in [1.54, 1.807) is 6.33 Å². The van der Waals surface area contributed by atoms with E-state index in [4.69, 9.17) is 0 Å². The van der Waals surface area contributed by atoms with Crippen molar-refractivity contribution in [1.29, 1.82) is 0 Å². The predicted molar refractivity (Wildman–Crippen MR) is 129 cm³/mol. The van der Waals surface area contributed by atoms with Crippen molar-refractivity contribution in [2.75, 3.05) is 11.9 Å². The number of carbonyl (C=O) groups excluding carboxylic acids is 1. The topological polar surface area (TPSA) is 71.0 Å². The van der Waals surface area contributed by atoms with E-state index in [1.807, 2.05) is 32.0 Å². The molecule has 1 aliphatic heterocycles. The van der Waals surface area contributed by atoms with E-state index in [-0.39, 0.29) is 16.7 Å². The van der Waals surface area contributed by atoms with Crippen LogP contribution in [0.15, 0.2) is 24.5 Å². The molecule has 1 saturated heterocycles. The largest absolute Gasteiger partial charge is 0.364 e. The summed E-state index contributed by atoms with van der Waals surface area (Å²) in [7, 11) is 0. The number of aromatic nitrogens is 3. The first-order valence-electron chi connectivity index (χ1n) is 11.4. The van der Waals surface area contributed by atoms with E-state index in [0.717, 1.165) is 57.2 Å². The molecule has 2 atom stereocenters. The average Bonchev–Trinajstić information content (AvgIpc) is 3.18. The number of thiophene rings is 1. The molecule has 0 radical (unpaired) electrons. The van der Waals surface area contributed by atoms with E-state index in [9.17, 15) is 4.79 Å². The number of hydrogen-bond acceptors (Lipinski definition) is 6. The Kier molecular flexibility index (Phi) is 5.00. The zero-order chi connectivity index (χ0) is 22.7. The molecule has 2 fully saturated rings. The quantitative estimate of drug-likeness (QED) is 0.581. The van der Waals surface area contributed by atoms with Crippen molar-refractivity contribution in [3.8, 4) is 0 Å². The molecule has 2 bridgehead atoms. The van der Waals surface area contributed by atoms with Crippen LogP contribution in [0.5, 0.6) is 0 Å². The van der Waals surface area contributed by atoms with Crippen molar-refractivity contribution in [3.05, 3.63) is 46.4 Å². The Bertz CT molecular complexity index is 1200. The summed E-state index contributed by atoms with van der Waals surface area (Å²) in [6, 6.07) is 6.33. The Morgan fingerprint density at radius 1 is 1.22 bits per heavy atom. The van der Waals surface area contributed by atoms with Crippen molar-refractivity contribution in [2.24, 2.45) is 10.8 Å². The van der Waals surface area contributed by atoms with Crippen LogP contribution in [0.1, 0.15) is 66.7 Å². The summed E-state index contributed by atoms with van der Waals surface area (Å²) in [5.74, 6) is 0.919. The molecule has 1 aliphatic carbocycles. The third-order valence-electron chi connectivity index (χ3n) is 6.98. The number of anilines is 1. The van der Waals surface area contributed by atoms with Crippen LogP contribution in [0, 0.1) is 24.7 Å². The summed E-state index contributed by atoms with van der Waals surface area (Å²) >= 11 is 1.49. The van der Waals surface area contributed by atoms with Gasteiger partial charge < -0.3 is 10.2 Å². The number of aryl methyl sites for hydroxylation is 2. The molecule has 2 aliphatic rings. The van der Waals surface area contributed by atoms with Crippen LogP contribution in [0.4, 0.5) is 5.82 Å². The fraction of sp³-hybridized carbons (Fsp3) is 0.520. The molecule has 32 heavy (non-hydrogen) atoms. The highest BCUT2D eigenvalue weighted by Gasteiger charge is 2.51. The molecule has 0 spiro atoms. The molecule has 5 rings (SSSR count). The van der Waals surface area contributed by atoms with Crippen molar-refractivity contribution < 1.29 is 4.79 Å². The fourth-order valence-corrected chi connectivity index (χ4v) is 7.21. The Morgan fingerprint density at radius 3 is 2.81 bits per heavy atom. The van der Waals surface area contributed by atoms with Crippen molar-refractivity contribution in [2.45, 2.75) is 66.5 Å². The first-order chi connectivity index (χ1) is 15.1. The molecule has 0 unspecified atom stereocenters. The van der Waals surface area contributed by atoms with E-state index in [1.165, 1.54) is 17.8 Å². The molecule has 0 aromatic carbocycles. The third-order valence-corrected chi connectivity index (χ3v) is 8.17. The van der Waals surface area contributed by atoms with Gasteiger partial charge in [-0.15, -0.1) is 11.3 Å². The van der Waals surface area contributed by atoms with Gasteiger partial charge in [0.1, 0.15) is 17.0 Å². The second-order valence-electron chi connectivity index (χ2n) is 10.7. The fourth-order valence-electron chi connectivity index (χ4n) is 6.11. The zero-order valence-electron chi connectivity index (χ0n) is 19.5. The maximum absolute atomic E-state index is 13.7. The van der Waals surface area contributed by atoms with Gasteiger partial charge in [0.15, 0.2) is 0 Å². The van der Waals surface area contributed by atoms with E-state index in [0.29, 0.717) is 12.6 Å². The first kappa shape index (κ1) is 21.3. The van der Waals surface area contributed by atoms with Crippen LogP contribution in [0.25, 0.3) is 10.2 Å². The minimum absolute atomic E-state index is 0.156. The van der Waals surface area contributed by atoms with E-state index >= 15 is 0 Å². The van der Waals surface area contributed by atoms with Gasteiger partial charge in [0.25, 0.3) is 5.91 Å². The van der Waals surface area contributed by atoms with Crippen molar-refractivity contribution in [1.82, 2.24) is 19.9 Å². The summed E-state index contributed by atoms with van der Waals surface area (Å²) in [5.41, 5.74) is 3.43. The van der Waals surface area contributed by atoms with Gasteiger partial charge in [-0.05, 0) is 61.6 Å². The number of carbonyl (C=O) groups is 1. The molecule has 1 amide bonds. The lowest BCUT2D eigenvalue weighted by molar-refractivity contribution is 0.0712. The minimum Gasteiger partial charge on any atom is -0.364 e. The summed E-state index contributed by atoms with van der Waals surface area (Å²) in [4.78, 5) is 31.1. The highest BCUT2D eigenvalue weighted by Crippen LogP contribution is 2.53. The van der Waals surface area contributed by atoms with Gasteiger partial charge in [-0.1, -0.05) is 26.8 Å². The second kappa shape index (κ2) is 7.51. The highest BCUT2D eigenvalue weighted by atomic mass is 32.1. The summed E-state index contributed by atoms with van der Waals surface area (Å²) in [5, 5.41) is 4.36. The molecule has 168 valence electrons. The van der Waals surface area contributed by atoms with Crippen LogP contribution in [-0.2, 0) is 6.54 Å². The smallest absolute Gasteiger partial charge is 0.264 e. The third kappa shape index (κ3) is 3.76. The number of fused-ring (bicyclic) bond motifs is 3. The van der Waals surface area contributed by atoms with Gasteiger partial charge in [-0.25, -0.2) is 9.97 Å². The lowest BCUT2D eigenvalue weighted by Crippen LogP contribution is -2.37. The number of nitrogens with one attached hydrogen (secondary N) is 1. The van der Waals surface area contributed by atoms with Crippen LogP contribution < -0.4 is 5.32 Å². The molecular formula is C25H31N5OS. The minimum atomic E-state index is 0.156. The van der Waals surface area contributed by atoms with E-state index in [2.05, 4.69) is 45.9 Å². The number of likely N-dealkylation sites (tertiary alicyclic amines) is 1. The van der Waals surface area contributed by atoms with Gasteiger partial charge in [-0.3, -0.25) is 9.78 Å². The summed E-state index contributed by atoms with van der Waals surface area (Å²) < 4.78 is 0. The lowest BCUT2D eigenvalue weighted by Gasteiger charge is -2.39. The summed E-state index contributed by atoms with van der Waals surface area (Å²) in [6.45, 7) is 12.5. The monoisotopic (exact) mass is 449 g/mol. The second-order valence-corrected chi connectivity index (χ2v) is 11.7. The zero-order valence-corrected chi connectivity index (χ0v) is 20.3. The number of nitrogens with zero attached hydrogens (tertiary/aromatic N) is 4. The van der Waals surface area contributed by atoms with Gasteiger partial charge in [0, 0.05) is 18.3 Å². The molecule has 1 N–H and O–H groups in total. The van der Waals surface area contributed by atoms with Gasteiger partial charge in [0.2, 0.25) is 0 Å².